The first-order valence-electron chi connectivity index (χ1n) is 6.56. The van der Waals surface area contributed by atoms with E-state index in [1.165, 1.54) is 0 Å². The van der Waals surface area contributed by atoms with E-state index in [2.05, 4.69) is 10.3 Å². The fourth-order valence-electron chi connectivity index (χ4n) is 2.43. The van der Waals surface area contributed by atoms with Crippen molar-refractivity contribution in [3.63, 3.8) is 0 Å². The molecule has 0 bridgehead atoms. The standard InChI is InChI=1S/C15H14Cl2N2O2/c1-20-15-13(3-2-5-18-15)19-12-4-6-21-14-10(12)7-9(16)8-11(14)17/h2-3,5,7-8,12,19H,4,6H2,1H3. The number of benzene rings is 1. The lowest BCUT2D eigenvalue weighted by Gasteiger charge is -2.28. The van der Waals surface area contributed by atoms with Gasteiger partial charge in [0.25, 0.3) is 0 Å². The van der Waals surface area contributed by atoms with Gasteiger partial charge in [-0.15, -0.1) is 0 Å². The number of methoxy groups -OCH3 is 1. The van der Waals surface area contributed by atoms with Crippen LogP contribution in [0.5, 0.6) is 11.6 Å². The average Bonchev–Trinajstić information content (AvgIpc) is 2.48. The fourth-order valence-corrected chi connectivity index (χ4v) is 2.99. The molecule has 0 spiro atoms. The number of hydrogen-bond acceptors (Lipinski definition) is 4. The minimum atomic E-state index is 0.0445. The molecule has 6 heteroatoms. The molecule has 110 valence electrons. The topological polar surface area (TPSA) is 43.4 Å². The van der Waals surface area contributed by atoms with Crippen molar-refractivity contribution < 1.29 is 9.47 Å². The third-order valence-electron chi connectivity index (χ3n) is 3.36. The number of halogens is 2. The van der Waals surface area contributed by atoms with Crippen LogP contribution in [0.3, 0.4) is 0 Å². The summed E-state index contributed by atoms with van der Waals surface area (Å²) in [6.45, 7) is 0.592. The first-order valence-corrected chi connectivity index (χ1v) is 7.32. The molecule has 2 heterocycles. The van der Waals surface area contributed by atoms with Gasteiger partial charge in [-0.1, -0.05) is 23.2 Å². The summed E-state index contributed by atoms with van der Waals surface area (Å²) < 4.78 is 10.9. The molecule has 4 nitrogen and oxygen atoms in total. The predicted molar refractivity (Wildman–Crippen MR) is 83.7 cm³/mol. The minimum Gasteiger partial charge on any atom is -0.492 e. The van der Waals surface area contributed by atoms with E-state index in [1.54, 1.807) is 19.4 Å². The number of aromatic nitrogens is 1. The van der Waals surface area contributed by atoms with E-state index in [1.807, 2.05) is 18.2 Å². The summed E-state index contributed by atoms with van der Waals surface area (Å²) in [6, 6.07) is 7.39. The van der Waals surface area contributed by atoms with E-state index >= 15 is 0 Å². The predicted octanol–water partition coefficient (Wildman–Crippen LogP) is 4.33. The Morgan fingerprint density at radius 1 is 1.38 bits per heavy atom. The third-order valence-corrected chi connectivity index (χ3v) is 3.86. The van der Waals surface area contributed by atoms with Gasteiger partial charge in [0.05, 0.1) is 30.5 Å². The maximum atomic E-state index is 6.20. The molecular formula is C15H14Cl2N2O2. The Morgan fingerprint density at radius 3 is 3.05 bits per heavy atom. The summed E-state index contributed by atoms with van der Waals surface area (Å²) in [5, 5.41) is 4.55. The SMILES string of the molecule is COc1ncccc1NC1CCOc2c(Cl)cc(Cl)cc21. The zero-order valence-electron chi connectivity index (χ0n) is 11.4. The van der Waals surface area contributed by atoms with Gasteiger partial charge in [-0.05, 0) is 24.3 Å². The summed E-state index contributed by atoms with van der Waals surface area (Å²) in [5.41, 5.74) is 1.78. The van der Waals surface area contributed by atoms with Gasteiger partial charge in [0.15, 0.2) is 0 Å². The van der Waals surface area contributed by atoms with Gasteiger partial charge in [0.1, 0.15) is 5.75 Å². The normalized spacial score (nSPS) is 16.8. The van der Waals surface area contributed by atoms with Gasteiger partial charge in [-0.25, -0.2) is 4.98 Å². The molecule has 0 saturated carbocycles. The number of anilines is 1. The van der Waals surface area contributed by atoms with Crippen molar-refractivity contribution in [3.05, 3.63) is 46.1 Å². The second kappa shape index (κ2) is 6.00. The second-order valence-corrected chi connectivity index (χ2v) is 5.54. The molecule has 1 atom stereocenters. The number of ether oxygens (including phenoxy) is 2. The molecule has 1 aromatic heterocycles. The number of pyridine rings is 1. The van der Waals surface area contributed by atoms with E-state index in [0.717, 1.165) is 17.7 Å². The molecule has 0 radical (unpaired) electrons. The van der Waals surface area contributed by atoms with Crippen LogP contribution >= 0.6 is 23.2 Å². The van der Waals surface area contributed by atoms with Crippen LogP contribution < -0.4 is 14.8 Å². The van der Waals surface area contributed by atoms with Crippen molar-refractivity contribution in [2.24, 2.45) is 0 Å². The molecule has 1 aliphatic rings. The molecule has 0 amide bonds. The van der Waals surface area contributed by atoms with Crippen LogP contribution in [0, 0.1) is 0 Å². The van der Waals surface area contributed by atoms with Crippen molar-refractivity contribution in [3.8, 4) is 11.6 Å². The van der Waals surface area contributed by atoms with Crippen LogP contribution in [-0.2, 0) is 0 Å². The fraction of sp³-hybridized carbons (Fsp3) is 0.267. The van der Waals surface area contributed by atoms with Gasteiger partial charge in [-0.2, -0.15) is 0 Å². The van der Waals surface area contributed by atoms with Gasteiger partial charge in [0.2, 0.25) is 5.88 Å². The highest BCUT2D eigenvalue weighted by Crippen LogP contribution is 2.41. The van der Waals surface area contributed by atoms with E-state index < -0.39 is 0 Å². The van der Waals surface area contributed by atoms with Gasteiger partial charge >= 0.3 is 0 Å². The van der Waals surface area contributed by atoms with Crippen molar-refractivity contribution >= 4 is 28.9 Å². The summed E-state index contributed by atoms with van der Waals surface area (Å²) in [6.07, 6.45) is 2.50. The quantitative estimate of drug-likeness (QED) is 0.912. The van der Waals surface area contributed by atoms with E-state index in [0.29, 0.717) is 28.3 Å². The van der Waals surface area contributed by atoms with Crippen molar-refractivity contribution in [1.29, 1.82) is 0 Å². The van der Waals surface area contributed by atoms with Crippen molar-refractivity contribution in [2.75, 3.05) is 19.0 Å². The molecule has 1 N–H and O–H groups in total. The lowest BCUT2D eigenvalue weighted by Crippen LogP contribution is -2.21. The van der Waals surface area contributed by atoms with Crippen LogP contribution in [0.2, 0.25) is 10.0 Å². The lowest BCUT2D eigenvalue weighted by molar-refractivity contribution is 0.274. The van der Waals surface area contributed by atoms with E-state index in [4.69, 9.17) is 32.7 Å². The molecule has 3 rings (SSSR count). The highest BCUT2D eigenvalue weighted by molar-refractivity contribution is 6.35. The second-order valence-electron chi connectivity index (χ2n) is 4.70. The zero-order chi connectivity index (χ0) is 14.8. The summed E-state index contributed by atoms with van der Waals surface area (Å²) >= 11 is 12.3. The number of nitrogens with zero attached hydrogens (tertiary/aromatic N) is 1. The Kier molecular flexibility index (Phi) is 4.08. The molecule has 21 heavy (non-hydrogen) atoms. The smallest absolute Gasteiger partial charge is 0.237 e. The Labute approximate surface area is 133 Å². The number of rotatable bonds is 3. The Balaban J connectivity index is 1.95. The minimum absolute atomic E-state index is 0.0445. The molecule has 2 aromatic rings. The van der Waals surface area contributed by atoms with Crippen molar-refractivity contribution in [2.45, 2.75) is 12.5 Å². The highest BCUT2D eigenvalue weighted by atomic mass is 35.5. The summed E-state index contributed by atoms with van der Waals surface area (Å²) in [7, 11) is 1.60. The van der Waals surface area contributed by atoms with Gasteiger partial charge < -0.3 is 14.8 Å². The van der Waals surface area contributed by atoms with Gasteiger partial charge in [-0.3, -0.25) is 0 Å². The maximum absolute atomic E-state index is 6.20. The number of hydrogen-bond donors (Lipinski definition) is 1. The molecule has 0 aliphatic carbocycles. The highest BCUT2D eigenvalue weighted by Gasteiger charge is 2.25. The zero-order valence-corrected chi connectivity index (χ0v) is 12.9. The van der Waals surface area contributed by atoms with Crippen molar-refractivity contribution in [1.82, 2.24) is 4.98 Å². The molecule has 1 unspecified atom stereocenters. The molecule has 1 aliphatic heterocycles. The van der Waals surface area contributed by atoms with E-state index in [9.17, 15) is 0 Å². The Bertz CT molecular complexity index is 664. The van der Waals surface area contributed by atoms with Crippen LogP contribution in [-0.4, -0.2) is 18.7 Å². The number of fused-ring (bicyclic) bond motifs is 1. The molecule has 1 aromatic carbocycles. The molecule has 0 saturated heterocycles. The largest absolute Gasteiger partial charge is 0.492 e. The van der Waals surface area contributed by atoms with Crippen LogP contribution in [0.15, 0.2) is 30.5 Å². The van der Waals surface area contributed by atoms with Crippen LogP contribution in [0.4, 0.5) is 5.69 Å². The lowest BCUT2D eigenvalue weighted by atomic mass is 10.00. The Morgan fingerprint density at radius 2 is 2.24 bits per heavy atom. The summed E-state index contributed by atoms with van der Waals surface area (Å²) in [4.78, 5) is 4.19. The van der Waals surface area contributed by atoms with Crippen LogP contribution in [0.1, 0.15) is 18.0 Å². The average molecular weight is 325 g/mol. The number of nitrogens with one attached hydrogen (secondary N) is 1. The first-order chi connectivity index (χ1) is 10.2. The summed E-state index contributed by atoms with van der Waals surface area (Å²) in [5.74, 6) is 1.24. The first kappa shape index (κ1) is 14.3. The van der Waals surface area contributed by atoms with Gasteiger partial charge in [0, 0.05) is 23.2 Å². The van der Waals surface area contributed by atoms with Crippen LogP contribution in [0.25, 0.3) is 0 Å². The monoisotopic (exact) mass is 324 g/mol. The van der Waals surface area contributed by atoms with E-state index in [-0.39, 0.29) is 6.04 Å². The molecule has 0 fully saturated rings. The Hall–Kier alpha value is -1.65. The molecular weight excluding hydrogens is 311 g/mol. The third kappa shape index (κ3) is 2.87. The maximum Gasteiger partial charge on any atom is 0.237 e.